The fraction of sp³-hybridized carbons (Fsp3) is 0.150. The highest BCUT2D eigenvalue weighted by Gasteiger charge is 2.53. The number of halogens is 1. The minimum Gasteiger partial charge on any atom is -0.497 e. The van der Waals surface area contributed by atoms with E-state index in [9.17, 15) is 19.1 Å². The number of hydrogen-bond donors (Lipinski definition) is 2. The zero-order valence-corrected chi connectivity index (χ0v) is 15.7. The topological polar surface area (TPSA) is 78.9 Å². The van der Waals surface area contributed by atoms with Crippen LogP contribution in [0.1, 0.15) is 17.5 Å². The standard InChI is InChI=1S/C20H17FN2O4S/c1-27-16-8-2-13(3-9-16)10-11-23-19(28)22-18(26)20(23,12-17(24)25)14-4-6-15(21)7-5-14/h2-11H,12H2,1H3,(H,24,25)(H,22,26,28)/b11-10+. The summed E-state index contributed by atoms with van der Waals surface area (Å²) in [5.74, 6) is -1.56. The van der Waals surface area contributed by atoms with Gasteiger partial charge < -0.3 is 20.1 Å². The van der Waals surface area contributed by atoms with Crippen molar-refractivity contribution in [3.05, 3.63) is 71.7 Å². The summed E-state index contributed by atoms with van der Waals surface area (Å²) in [4.78, 5) is 25.8. The van der Waals surface area contributed by atoms with Gasteiger partial charge in [0.15, 0.2) is 10.7 Å². The number of benzene rings is 2. The fourth-order valence-corrected chi connectivity index (χ4v) is 3.41. The number of carbonyl (C=O) groups excluding carboxylic acids is 1. The smallest absolute Gasteiger partial charge is 0.306 e. The highest BCUT2D eigenvalue weighted by Crippen LogP contribution is 2.37. The predicted molar refractivity (Wildman–Crippen MR) is 105 cm³/mol. The molecule has 0 aromatic heterocycles. The van der Waals surface area contributed by atoms with Crippen LogP contribution in [0.15, 0.2) is 54.7 Å². The van der Waals surface area contributed by atoms with Crippen LogP contribution >= 0.6 is 12.2 Å². The maximum absolute atomic E-state index is 13.4. The first-order chi connectivity index (χ1) is 13.4. The van der Waals surface area contributed by atoms with Crippen LogP contribution in [0.4, 0.5) is 4.39 Å². The van der Waals surface area contributed by atoms with Gasteiger partial charge in [0.25, 0.3) is 5.91 Å². The molecule has 2 aromatic carbocycles. The van der Waals surface area contributed by atoms with Gasteiger partial charge in [-0.25, -0.2) is 4.39 Å². The Hall–Kier alpha value is -3.26. The summed E-state index contributed by atoms with van der Waals surface area (Å²) < 4.78 is 18.5. The zero-order chi connectivity index (χ0) is 20.3. The molecule has 0 saturated carbocycles. The molecule has 0 bridgehead atoms. The number of thiocarbonyl (C=S) groups is 1. The van der Waals surface area contributed by atoms with E-state index >= 15 is 0 Å². The van der Waals surface area contributed by atoms with E-state index in [2.05, 4.69) is 5.32 Å². The van der Waals surface area contributed by atoms with E-state index in [-0.39, 0.29) is 5.11 Å². The molecule has 0 spiro atoms. The molecular formula is C20H17FN2O4S. The summed E-state index contributed by atoms with van der Waals surface area (Å²) in [6.45, 7) is 0. The number of hydrogen-bond acceptors (Lipinski definition) is 4. The molecule has 144 valence electrons. The Balaban J connectivity index is 2.05. The summed E-state index contributed by atoms with van der Waals surface area (Å²) in [6, 6.07) is 12.3. The lowest BCUT2D eigenvalue weighted by molar-refractivity contribution is -0.143. The number of carboxylic acid groups (broad SMARTS) is 1. The second-order valence-electron chi connectivity index (χ2n) is 6.16. The van der Waals surface area contributed by atoms with Crippen LogP contribution in [0.5, 0.6) is 5.75 Å². The molecule has 1 saturated heterocycles. The Morgan fingerprint density at radius 3 is 2.46 bits per heavy atom. The number of nitrogens with one attached hydrogen (secondary N) is 1. The number of nitrogens with zero attached hydrogens (tertiary/aromatic N) is 1. The molecule has 1 unspecified atom stereocenters. The molecule has 0 aliphatic carbocycles. The largest absolute Gasteiger partial charge is 0.497 e. The molecule has 1 fully saturated rings. The number of amides is 1. The minimum atomic E-state index is -1.61. The molecule has 8 heteroatoms. The second-order valence-corrected chi connectivity index (χ2v) is 6.54. The van der Waals surface area contributed by atoms with Gasteiger partial charge in [-0.2, -0.15) is 0 Å². The van der Waals surface area contributed by atoms with Crippen molar-refractivity contribution in [2.24, 2.45) is 0 Å². The highest BCUT2D eigenvalue weighted by molar-refractivity contribution is 7.80. The molecule has 28 heavy (non-hydrogen) atoms. The molecule has 2 aromatic rings. The predicted octanol–water partition coefficient (Wildman–Crippen LogP) is 2.89. The van der Waals surface area contributed by atoms with E-state index in [4.69, 9.17) is 17.0 Å². The van der Waals surface area contributed by atoms with Gasteiger partial charge in [0.2, 0.25) is 0 Å². The number of methoxy groups -OCH3 is 1. The molecule has 2 N–H and O–H groups in total. The second kappa shape index (κ2) is 7.77. The van der Waals surface area contributed by atoms with Gasteiger partial charge in [0.05, 0.1) is 13.5 Å². The fourth-order valence-electron chi connectivity index (χ4n) is 3.10. The normalized spacial score (nSPS) is 19.1. The van der Waals surface area contributed by atoms with Crippen molar-refractivity contribution >= 4 is 35.3 Å². The lowest BCUT2D eigenvalue weighted by Gasteiger charge is -2.33. The summed E-state index contributed by atoms with van der Waals surface area (Å²) in [7, 11) is 1.56. The van der Waals surface area contributed by atoms with Gasteiger partial charge >= 0.3 is 5.97 Å². The van der Waals surface area contributed by atoms with Gasteiger partial charge in [-0.15, -0.1) is 0 Å². The number of ether oxygens (including phenoxy) is 1. The van der Waals surface area contributed by atoms with Crippen molar-refractivity contribution in [2.45, 2.75) is 12.0 Å². The van der Waals surface area contributed by atoms with E-state index in [1.807, 2.05) is 0 Å². The quantitative estimate of drug-likeness (QED) is 0.726. The molecule has 1 amide bonds. The number of carboxylic acids is 1. The van der Waals surface area contributed by atoms with Gasteiger partial charge in [-0.1, -0.05) is 24.3 Å². The molecule has 1 aliphatic heterocycles. The van der Waals surface area contributed by atoms with E-state index < -0.39 is 29.7 Å². The molecule has 1 aliphatic rings. The maximum Gasteiger partial charge on any atom is 0.306 e. The third kappa shape index (κ3) is 3.59. The van der Waals surface area contributed by atoms with Crippen molar-refractivity contribution in [3.8, 4) is 5.75 Å². The summed E-state index contributed by atoms with van der Waals surface area (Å²) >= 11 is 5.26. The van der Waals surface area contributed by atoms with Crippen molar-refractivity contribution in [2.75, 3.05) is 7.11 Å². The lowest BCUT2D eigenvalue weighted by Crippen LogP contribution is -2.46. The van der Waals surface area contributed by atoms with Gasteiger partial charge in [0.1, 0.15) is 11.6 Å². The Morgan fingerprint density at radius 1 is 1.25 bits per heavy atom. The molecule has 0 radical (unpaired) electrons. The van der Waals surface area contributed by atoms with Crippen LogP contribution < -0.4 is 10.1 Å². The summed E-state index contributed by atoms with van der Waals surface area (Å²) in [5.41, 5.74) is -0.487. The highest BCUT2D eigenvalue weighted by atomic mass is 32.1. The Bertz CT molecular complexity index is 944. The van der Waals surface area contributed by atoms with E-state index in [1.165, 1.54) is 29.2 Å². The van der Waals surface area contributed by atoms with Gasteiger partial charge in [-0.3, -0.25) is 9.59 Å². The SMILES string of the molecule is COc1ccc(/C=C/N2C(=S)NC(=O)C2(CC(=O)O)c2ccc(F)cc2)cc1. The number of carbonyl (C=O) groups is 2. The average molecular weight is 400 g/mol. The lowest BCUT2D eigenvalue weighted by atomic mass is 9.85. The number of rotatable bonds is 6. The number of aliphatic carboxylic acids is 1. The van der Waals surface area contributed by atoms with Crippen molar-refractivity contribution in [1.29, 1.82) is 0 Å². The molecule has 1 atom stereocenters. The first-order valence-electron chi connectivity index (χ1n) is 8.31. The Morgan fingerprint density at radius 2 is 1.89 bits per heavy atom. The Labute approximate surface area is 166 Å². The van der Waals surface area contributed by atoms with E-state index in [0.717, 1.165) is 5.56 Å². The van der Waals surface area contributed by atoms with Crippen LogP contribution in [-0.2, 0) is 15.1 Å². The van der Waals surface area contributed by atoms with Crippen molar-refractivity contribution in [1.82, 2.24) is 10.2 Å². The maximum atomic E-state index is 13.4. The third-order valence-corrected chi connectivity index (χ3v) is 4.79. The Kier molecular flexibility index (Phi) is 5.41. The first-order valence-corrected chi connectivity index (χ1v) is 8.72. The third-order valence-electron chi connectivity index (χ3n) is 4.49. The molecule has 3 rings (SSSR count). The average Bonchev–Trinajstić information content (AvgIpc) is 2.90. The van der Waals surface area contributed by atoms with E-state index in [1.54, 1.807) is 43.7 Å². The van der Waals surface area contributed by atoms with Gasteiger partial charge in [0, 0.05) is 6.20 Å². The van der Waals surface area contributed by atoms with Crippen molar-refractivity contribution < 1.29 is 23.8 Å². The van der Waals surface area contributed by atoms with E-state index in [0.29, 0.717) is 11.3 Å². The summed E-state index contributed by atoms with van der Waals surface area (Å²) in [5, 5.41) is 12.0. The van der Waals surface area contributed by atoms with Crippen LogP contribution in [0.3, 0.4) is 0 Å². The van der Waals surface area contributed by atoms with Crippen LogP contribution in [0.25, 0.3) is 6.08 Å². The van der Waals surface area contributed by atoms with Crippen molar-refractivity contribution in [3.63, 3.8) is 0 Å². The monoisotopic (exact) mass is 400 g/mol. The van der Waals surface area contributed by atoms with Gasteiger partial charge in [-0.05, 0) is 53.7 Å². The minimum absolute atomic E-state index is 0.0698. The first kappa shape index (κ1) is 19.5. The molecule has 1 heterocycles. The molecular weight excluding hydrogens is 383 g/mol. The zero-order valence-electron chi connectivity index (χ0n) is 14.9. The van der Waals surface area contributed by atoms with Crippen LogP contribution in [0, 0.1) is 5.82 Å². The molecule has 6 nitrogen and oxygen atoms in total. The van der Waals surface area contributed by atoms with Crippen LogP contribution in [-0.4, -0.2) is 34.1 Å². The van der Waals surface area contributed by atoms with Crippen LogP contribution in [0.2, 0.25) is 0 Å². The summed E-state index contributed by atoms with van der Waals surface area (Å²) in [6.07, 6.45) is 2.71.